The molecule has 1 N–H and O–H groups in total. The van der Waals surface area contributed by atoms with Gasteiger partial charge in [0.15, 0.2) is 11.4 Å². The van der Waals surface area contributed by atoms with Gasteiger partial charge in [-0.2, -0.15) is 0 Å². The summed E-state index contributed by atoms with van der Waals surface area (Å²) in [6.45, 7) is 1.15. The van der Waals surface area contributed by atoms with Crippen molar-refractivity contribution < 1.29 is 18.7 Å². The monoisotopic (exact) mass is 443 g/mol. The van der Waals surface area contributed by atoms with Crippen molar-refractivity contribution in [1.29, 1.82) is 0 Å². The van der Waals surface area contributed by atoms with Crippen LogP contribution in [0.2, 0.25) is 0 Å². The van der Waals surface area contributed by atoms with Crippen LogP contribution in [0.3, 0.4) is 0 Å². The number of amides is 1. The quantitative estimate of drug-likeness (QED) is 0.672. The van der Waals surface area contributed by atoms with E-state index in [1.54, 1.807) is 15.7 Å². The second kappa shape index (κ2) is 7.56. The van der Waals surface area contributed by atoms with Crippen molar-refractivity contribution in [3.63, 3.8) is 0 Å². The summed E-state index contributed by atoms with van der Waals surface area (Å²) in [7, 11) is 0. The molecule has 1 saturated heterocycles. The van der Waals surface area contributed by atoms with E-state index >= 15 is 0 Å². The minimum absolute atomic E-state index is 0.0251. The molecule has 4 heterocycles. The molecule has 1 aromatic carbocycles. The smallest absolute Gasteiger partial charge is 0.274 e. The topological polar surface area (TPSA) is 75.4 Å². The molecular weight excluding hydrogens is 424 g/mol. The molecule has 1 amide bonds. The lowest BCUT2D eigenvalue weighted by molar-refractivity contribution is 0.0506. The third-order valence-corrected chi connectivity index (χ3v) is 6.95. The molecule has 0 spiro atoms. The third kappa shape index (κ3) is 3.42. The van der Waals surface area contributed by atoms with Gasteiger partial charge in [-0.1, -0.05) is 6.07 Å². The minimum atomic E-state index is -0.649. The van der Waals surface area contributed by atoms with E-state index in [1.165, 1.54) is 29.7 Å². The maximum absolute atomic E-state index is 14.0. The zero-order valence-electron chi connectivity index (χ0n) is 16.5. The van der Waals surface area contributed by atoms with Gasteiger partial charge in [0, 0.05) is 48.9 Å². The average molecular weight is 443 g/mol. The summed E-state index contributed by atoms with van der Waals surface area (Å²) in [6, 6.07) is 3.46. The average Bonchev–Trinajstić information content (AvgIpc) is 3.21. The number of halogens is 2. The molecule has 0 aliphatic carbocycles. The van der Waals surface area contributed by atoms with Crippen LogP contribution in [0.25, 0.3) is 10.6 Å². The van der Waals surface area contributed by atoms with Crippen LogP contribution in [0, 0.1) is 11.6 Å². The number of hydrogen-bond acceptors (Lipinski definition) is 5. The summed E-state index contributed by atoms with van der Waals surface area (Å²) in [4.78, 5) is 32.4. The van der Waals surface area contributed by atoms with Crippen LogP contribution in [0.4, 0.5) is 8.78 Å². The fourth-order valence-corrected chi connectivity index (χ4v) is 5.30. The first-order valence-electron chi connectivity index (χ1n) is 10.1. The molecule has 2 aliphatic heterocycles. The molecule has 2 aromatic heterocycles. The van der Waals surface area contributed by atoms with Gasteiger partial charge < -0.3 is 14.6 Å². The number of thiazole rings is 1. The number of pyridine rings is 1. The van der Waals surface area contributed by atoms with Crippen LogP contribution >= 0.6 is 11.3 Å². The Morgan fingerprint density at radius 2 is 2.06 bits per heavy atom. The lowest BCUT2D eigenvalue weighted by Gasteiger charge is -2.40. The van der Waals surface area contributed by atoms with Crippen molar-refractivity contribution in [2.45, 2.75) is 38.3 Å². The Morgan fingerprint density at radius 3 is 2.87 bits per heavy atom. The van der Waals surface area contributed by atoms with Crippen molar-refractivity contribution in [2.75, 3.05) is 6.54 Å². The SMILES string of the molecule is O=C1c2c(O)c(=O)c(-c3ncc(Cc4ccc(F)cc4F)s3)cn2C[C@@H]2CCCCN12. The molecule has 5 rings (SSSR count). The van der Waals surface area contributed by atoms with Crippen LogP contribution in [-0.4, -0.2) is 38.1 Å². The molecule has 0 saturated carbocycles. The predicted molar refractivity (Wildman–Crippen MR) is 111 cm³/mol. The fraction of sp³-hybridized carbons (Fsp3) is 0.318. The van der Waals surface area contributed by atoms with Gasteiger partial charge in [-0.05, 0) is 30.9 Å². The molecule has 3 aromatic rings. The van der Waals surface area contributed by atoms with Crippen molar-refractivity contribution in [3.05, 3.63) is 68.6 Å². The van der Waals surface area contributed by atoms with Gasteiger partial charge in [0.05, 0.1) is 5.56 Å². The maximum Gasteiger partial charge on any atom is 0.274 e. The summed E-state index contributed by atoms with van der Waals surface area (Å²) in [5.74, 6) is -2.16. The summed E-state index contributed by atoms with van der Waals surface area (Å²) < 4.78 is 28.7. The number of fused-ring (bicyclic) bond motifs is 2. The first kappa shape index (κ1) is 19.9. The van der Waals surface area contributed by atoms with Gasteiger partial charge >= 0.3 is 0 Å². The van der Waals surface area contributed by atoms with Crippen molar-refractivity contribution >= 4 is 17.2 Å². The number of hydrogen-bond donors (Lipinski definition) is 1. The van der Waals surface area contributed by atoms with Crippen LogP contribution in [-0.2, 0) is 13.0 Å². The number of carbonyl (C=O) groups excluding carboxylic acids is 1. The Kier molecular flexibility index (Phi) is 4.85. The molecule has 31 heavy (non-hydrogen) atoms. The van der Waals surface area contributed by atoms with Crippen LogP contribution in [0.1, 0.15) is 40.2 Å². The van der Waals surface area contributed by atoms with Crippen LogP contribution in [0.5, 0.6) is 5.75 Å². The number of benzene rings is 1. The van der Waals surface area contributed by atoms with Gasteiger partial charge in [0.2, 0.25) is 5.43 Å². The van der Waals surface area contributed by atoms with E-state index in [2.05, 4.69) is 4.98 Å². The largest absolute Gasteiger partial charge is 0.503 e. The normalized spacial score (nSPS) is 18.1. The summed E-state index contributed by atoms with van der Waals surface area (Å²) >= 11 is 1.20. The molecule has 1 atom stereocenters. The Labute approximate surface area is 180 Å². The first-order chi connectivity index (χ1) is 14.9. The van der Waals surface area contributed by atoms with E-state index in [4.69, 9.17) is 0 Å². The molecule has 0 unspecified atom stereocenters. The van der Waals surface area contributed by atoms with Gasteiger partial charge in [-0.15, -0.1) is 11.3 Å². The van der Waals surface area contributed by atoms with Gasteiger partial charge in [0.1, 0.15) is 16.6 Å². The third-order valence-electron chi connectivity index (χ3n) is 5.92. The molecule has 9 heteroatoms. The Balaban J connectivity index is 1.50. The van der Waals surface area contributed by atoms with E-state index in [0.29, 0.717) is 28.5 Å². The Morgan fingerprint density at radius 1 is 1.23 bits per heavy atom. The fourth-order valence-electron chi connectivity index (χ4n) is 4.36. The number of aromatic hydroxyl groups is 1. The Bertz CT molecular complexity index is 1250. The highest BCUT2D eigenvalue weighted by Crippen LogP contribution is 2.32. The lowest BCUT2D eigenvalue weighted by Crippen LogP contribution is -2.51. The molecule has 0 bridgehead atoms. The standard InChI is InChI=1S/C22H19F2N3O3S/c23-13-5-4-12(17(24)8-13)7-15-9-25-21(31-15)16-11-26-10-14-3-1-2-6-27(14)22(30)18(26)20(29)19(16)28/h4-5,8-9,11,14,29H,1-3,6-7,10H2/t14-/m0/s1. The lowest BCUT2D eigenvalue weighted by atomic mass is 9.98. The van der Waals surface area contributed by atoms with E-state index in [9.17, 15) is 23.5 Å². The number of aromatic nitrogens is 2. The van der Waals surface area contributed by atoms with E-state index in [1.807, 2.05) is 0 Å². The van der Waals surface area contributed by atoms with Gasteiger partial charge in [0.25, 0.3) is 5.91 Å². The molecule has 0 radical (unpaired) electrons. The predicted octanol–water partition coefficient (Wildman–Crippen LogP) is 3.55. The molecule has 1 fully saturated rings. The number of rotatable bonds is 3. The number of piperidine rings is 1. The zero-order valence-corrected chi connectivity index (χ0v) is 17.3. The molecule has 6 nitrogen and oxygen atoms in total. The summed E-state index contributed by atoms with van der Waals surface area (Å²) in [5, 5.41) is 10.9. The highest BCUT2D eigenvalue weighted by molar-refractivity contribution is 7.15. The van der Waals surface area contributed by atoms with E-state index in [-0.39, 0.29) is 29.6 Å². The van der Waals surface area contributed by atoms with E-state index < -0.39 is 22.8 Å². The second-order valence-corrected chi connectivity index (χ2v) is 9.03. The first-order valence-corrected chi connectivity index (χ1v) is 10.9. The highest BCUT2D eigenvalue weighted by atomic mass is 32.1. The molecule has 160 valence electrons. The van der Waals surface area contributed by atoms with Gasteiger partial charge in [-0.3, -0.25) is 9.59 Å². The van der Waals surface area contributed by atoms with E-state index in [0.717, 1.165) is 25.3 Å². The van der Waals surface area contributed by atoms with Crippen molar-refractivity contribution in [3.8, 4) is 16.3 Å². The van der Waals surface area contributed by atoms with Crippen LogP contribution in [0.15, 0.2) is 35.4 Å². The van der Waals surface area contributed by atoms with Crippen molar-refractivity contribution in [2.24, 2.45) is 0 Å². The maximum atomic E-state index is 14.0. The highest BCUT2D eigenvalue weighted by Gasteiger charge is 2.37. The summed E-state index contributed by atoms with van der Waals surface area (Å²) in [5.41, 5.74) is -0.0975. The second-order valence-electron chi connectivity index (χ2n) is 7.91. The van der Waals surface area contributed by atoms with Crippen LogP contribution < -0.4 is 5.43 Å². The zero-order chi connectivity index (χ0) is 21.7. The Hall–Kier alpha value is -3.07. The molecular formula is C22H19F2N3O3S. The van der Waals surface area contributed by atoms with Crippen molar-refractivity contribution in [1.82, 2.24) is 14.5 Å². The number of nitrogens with zero attached hydrogens (tertiary/aromatic N) is 3. The van der Waals surface area contributed by atoms with Gasteiger partial charge in [-0.25, -0.2) is 13.8 Å². The summed E-state index contributed by atoms with van der Waals surface area (Å²) in [6.07, 6.45) is 6.18. The molecule has 2 aliphatic rings. The minimum Gasteiger partial charge on any atom is -0.503 e. The number of carbonyl (C=O) groups is 1.